The molecule has 8 heteroatoms. The minimum absolute atomic E-state index is 0.284. The summed E-state index contributed by atoms with van der Waals surface area (Å²) in [6, 6.07) is 9.54. The van der Waals surface area contributed by atoms with E-state index in [0.717, 1.165) is 47.9 Å². The first-order valence-corrected chi connectivity index (χ1v) is 16.0. The van der Waals surface area contributed by atoms with Gasteiger partial charge < -0.3 is 14.4 Å². The van der Waals surface area contributed by atoms with E-state index in [-0.39, 0.29) is 4.90 Å². The second-order valence-corrected chi connectivity index (χ2v) is 13.9. The quantitative estimate of drug-likeness (QED) is 0.435. The lowest BCUT2D eigenvalue weighted by molar-refractivity contribution is 0.0855. The van der Waals surface area contributed by atoms with Crippen LogP contribution in [0.1, 0.15) is 55.6 Å². The van der Waals surface area contributed by atoms with Gasteiger partial charge in [0, 0.05) is 31.5 Å². The van der Waals surface area contributed by atoms with E-state index in [1.165, 1.54) is 75.9 Å². The van der Waals surface area contributed by atoms with Crippen LogP contribution < -0.4 is 0 Å². The van der Waals surface area contributed by atoms with E-state index in [0.29, 0.717) is 17.3 Å². The van der Waals surface area contributed by atoms with Crippen LogP contribution in [-0.4, -0.2) is 72.8 Å². The molecule has 0 N–H and O–H groups in total. The molecule has 204 valence electrons. The molecular weight excluding hydrogens is 499 g/mol. The Balaban J connectivity index is 1.16. The molecule has 3 aromatic rings. The van der Waals surface area contributed by atoms with Crippen LogP contribution in [0.3, 0.4) is 0 Å². The maximum Gasteiger partial charge on any atom is 0.178 e. The van der Waals surface area contributed by atoms with Crippen LogP contribution in [0.5, 0.6) is 0 Å². The number of fused-ring (bicyclic) bond motifs is 1. The summed E-state index contributed by atoms with van der Waals surface area (Å²) in [5.41, 5.74) is 5.01. The Morgan fingerprint density at radius 1 is 0.974 bits per heavy atom. The van der Waals surface area contributed by atoms with E-state index in [1.54, 1.807) is 6.07 Å². The number of rotatable bonds is 6. The number of piperidine rings is 2. The molecule has 1 saturated carbocycles. The number of sulfone groups is 1. The molecule has 0 radical (unpaired) electrons. The Labute approximate surface area is 225 Å². The maximum absolute atomic E-state index is 14.6. The van der Waals surface area contributed by atoms with Gasteiger partial charge >= 0.3 is 0 Å². The molecule has 3 aliphatic rings. The second kappa shape index (κ2) is 10.0. The van der Waals surface area contributed by atoms with Crippen LogP contribution in [0.4, 0.5) is 4.39 Å². The van der Waals surface area contributed by atoms with Crippen molar-refractivity contribution in [3.63, 3.8) is 0 Å². The van der Waals surface area contributed by atoms with Gasteiger partial charge in [-0.15, -0.1) is 0 Å². The van der Waals surface area contributed by atoms with Crippen LogP contribution in [0, 0.1) is 18.7 Å². The molecular formula is C30H39FN4O2S. The van der Waals surface area contributed by atoms with Gasteiger partial charge in [0.25, 0.3) is 0 Å². The average Bonchev–Trinajstić information content (AvgIpc) is 3.64. The molecule has 0 spiro atoms. The van der Waals surface area contributed by atoms with E-state index in [9.17, 15) is 12.8 Å². The first-order valence-electron chi connectivity index (χ1n) is 14.1. The minimum Gasteiger partial charge on any atom is -0.327 e. The number of benzene rings is 2. The van der Waals surface area contributed by atoms with Gasteiger partial charge in [-0.1, -0.05) is 6.07 Å². The number of nitrogens with zero attached hydrogens (tertiary/aromatic N) is 4. The lowest BCUT2D eigenvalue weighted by atomic mass is 9.87. The molecule has 1 aliphatic carbocycles. The van der Waals surface area contributed by atoms with Gasteiger partial charge in [-0.2, -0.15) is 0 Å². The van der Waals surface area contributed by atoms with Crippen molar-refractivity contribution < 1.29 is 12.8 Å². The average molecular weight is 539 g/mol. The normalized spacial score (nSPS) is 20.9. The van der Waals surface area contributed by atoms with Gasteiger partial charge in [-0.25, -0.2) is 17.8 Å². The Hall–Kier alpha value is -2.29. The van der Waals surface area contributed by atoms with Crippen molar-refractivity contribution in [2.24, 2.45) is 13.0 Å². The fourth-order valence-corrected chi connectivity index (χ4v) is 7.38. The summed E-state index contributed by atoms with van der Waals surface area (Å²) in [5, 5.41) is 0. The molecule has 6 nitrogen and oxygen atoms in total. The highest BCUT2D eigenvalue weighted by Gasteiger charge is 2.31. The standard InChI is InChI=1S/C30H39FN4O2S/c1-20-16-24(22-8-14-35(15-9-22)25-10-12-34(13-11-25)19-21-4-5-21)18-27-29(20)32-30(33(27)2)23-6-7-28(26(31)17-23)38(3,36)37/h6-7,16-18,21-22,25H,4-5,8-15,19H2,1-3H3. The van der Waals surface area contributed by atoms with Crippen molar-refractivity contribution in [3.05, 3.63) is 47.3 Å². The predicted octanol–water partition coefficient (Wildman–Crippen LogP) is 5.15. The van der Waals surface area contributed by atoms with E-state index in [1.807, 2.05) is 11.6 Å². The number of likely N-dealkylation sites (tertiary alicyclic amines) is 2. The predicted molar refractivity (Wildman–Crippen MR) is 150 cm³/mol. The Kier molecular flexibility index (Phi) is 6.85. The molecule has 2 aromatic carbocycles. The van der Waals surface area contributed by atoms with Crippen molar-refractivity contribution in [1.29, 1.82) is 0 Å². The fraction of sp³-hybridized carbons (Fsp3) is 0.567. The van der Waals surface area contributed by atoms with Gasteiger partial charge in [-0.05, 0) is 119 Å². The summed E-state index contributed by atoms with van der Waals surface area (Å²) in [4.78, 5) is 9.99. The topological polar surface area (TPSA) is 58.4 Å². The van der Waals surface area contributed by atoms with Gasteiger partial charge in [0.1, 0.15) is 16.5 Å². The molecule has 38 heavy (non-hydrogen) atoms. The molecule has 3 fully saturated rings. The first-order chi connectivity index (χ1) is 18.2. The van der Waals surface area contributed by atoms with Crippen molar-refractivity contribution in [2.75, 3.05) is 39.0 Å². The smallest absolute Gasteiger partial charge is 0.178 e. The molecule has 0 unspecified atom stereocenters. The van der Waals surface area contributed by atoms with Crippen molar-refractivity contribution in [1.82, 2.24) is 19.4 Å². The maximum atomic E-state index is 14.6. The zero-order chi connectivity index (χ0) is 26.6. The molecule has 3 heterocycles. The molecule has 2 saturated heterocycles. The number of halogens is 1. The lowest BCUT2D eigenvalue weighted by Gasteiger charge is -2.42. The van der Waals surface area contributed by atoms with Gasteiger partial charge in [0.2, 0.25) is 0 Å². The summed E-state index contributed by atoms with van der Waals surface area (Å²) in [5.74, 6) is 1.42. The summed E-state index contributed by atoms with van der Waals surface area (Å²) in [7, 11) is -1.66. The van der Waals surface area contributed by atoms with Crippen molar-refractivity contribution >= 4 is 20.9 Å². The summed E-state index contributed by atoms with van der Waals surface area (Å²) < 4.78 is 40.3. The third kappa shape index (κ3) is 5.15. The van der Waals surface area contributed by atoms with Gasteiger partial charge in [0.15, 0.2) is 9.84 Å². The minimum atomic E-state index is -3.62. The summed E-state index contributed by atoms with van der Waals surface area (Å²) >= 11 is 0. The monoisotopic (exact) mass is 538 g/mol. The van der Waals surface area contributed by atoms with Crippen LogP contribution in [-0.2, 0) is 16.9 Å². The van der Waals surface area contributed by atoms with Crippen LogP contribution >= 0.6 is 0 Å². The SMILES string of the molecule is Cc1cc(C2CCN(C3CCN(CC4CC4)CC3)CC2)cc2c1nc(-c1ccc(S(C)(=O)=O)c(F)c1)n2C. The highest BCUT2D eigenvalue weighted by atomic mass is 32.2. The summed E-state index contributed by atoms with van der Waals surface area (Å²) in [6.07, 6.45) is 8.88. The lowest BCUT2D eigenvalue weighted by Crippen LogP contribution is -2.47. The molecule has 0 bridgehead atoms. The Morgan fingerprint density at radius 2 is 1.68 bits per heavy atom. The van der Waals surface area contributed by atoms with Crippen LogP contribution in [0.2, 0.25) is 0 Å². The summed E-state index contributed by atoms with van der Waals surface area (Å²) in [6.45, 7) is 8.28. The number of hydrogen-bond donors (Lipinski definition) is 0. The van der Waals surface area contributed by atoms with E-state index < -0.39 is 15.7 Å². The van der Waals surface area contributed by atoms with Gasteiger partial charge in [0.05, 0.1) is 11.0 Å². The van der Waals surface area contributed by atoms with Crippen LogP contribution in [0.15, 0.2) is 35.2 Å². The largest absolute Gasteiger partial charge is 0.327 e. The van der Waals surface area contributed by atoms with Gasteiger partial charge in [-0.3, -0.25) is 0 Å². The van der Waals surface area contributed by atoms with Crippen LogP contribution in [0.25, 0.3) is 22.4 Å². The second-order valence-electron chi connectivity index (χ2n) is 11.9. The molecule has 0 atom stereocenters. The van der Waals surface area contributed by atoms with E-state index >= 15 is 0 Å². The molecule has 0 amide bonds. The zero-order valence-electron chi connectivity index (χ0n) is 22.8. The fourth-order valence-electron chi connectivity index (χ4n) is 6.65. The third-order valence-electron chi connectivity index (χ3n) is 9.08. The highest BCUT2D eigenvalue weighted by Crippen LogP contribution is 2.36. The number of aryl methyl sites for hydroxylation is 2. The van der Waals surface area contributed by atoms with Crippen molar-refractivity contribution in [2.45, 2.75) is 62.3 Å². The van der Waals surface area contributed by atoms with Crippen molar-refractivity contribution in [3.8, 4) is 11.4 Å². The number of imidazole rings is 1. The van der Waals surface area contributed by atoms with E-state index in [2.05, 4.69) is 28.9 Å². The van der Waals surface area contributed by atoms with E-state index in [4.69, 9.17) is 4.98 Å². The number of aromatic nitrogens is 2. The Morgan fingerprint density at radius 3 is 2.32 bits per heavy atom. The zero-order valence-corrected chi connectivity index (χ0v) is 23.6. The highest BCUT2D eigenvalue weighted by molar-refractivity contribution is 7.90. The number of hydrogen-bond acceptors (Lipinski definition) is 5. The Bertz CT molecular complexity index is 1450. The molecule has 6 rings (SSSR count). The third-order valence-corrected chi connectivity index (χ3v) is 10.2. The molecule has 1 aromatic heterocycles. The molecule has 2 aliphatic heterocycles. The first kappa shape index (κ1) is 26.0.